The Bertz CT molecular complexity index is 1040. The van der Waals surface area contributed by atoms with Gasteiger partial charge in [0.2, 0.25) is 0 Å². The highest BCUT2D eigenvalue weighted by atomic mass is 32.2. The second-order valence-corrected chi connectivity index (χ2v) is 10.2. The first-order valence-corrected chi connectivity index (χ1v) is 11.8. The summed E-state index contributed by atoms with van der Waals surface area (Å²) in [5.74, 6) is 0. The van der Waals surface area contributed by atoms with Gasteiger partial charge in [0.25, 0.3) is 0 Å². The first kappa shape index (κ1) is 23.1. The van der Waals surface area contributed by atoms with Crippen molar-refractivity contribution in [2.24, 2.45) is 0 Å². The summed E-state index contributed by atoms with van der Waals surface area (Å²) in [6, 6.07) is 13.2. The van der Waals surface area contributed by atoms with Gasteiger partial charge in [0, 0.05) is 40.1 Å². The van der Waals surface area contributed by atoms with Crippen molar-refractivity contribution in [1.29, 1.82) is 0 Å². The minimum Gasteiger partial charge on any atom is -0.399 e. The van der Waals surface area contributed by atoms with Crippen LogP contribution in [-0.4, -0.2) is 16.6 Å². The molecule has 2 aromatic carbocycles. The number of hydrogen-bond donors (Lipinski definition) is 4. The first-order valence-electron chi connectivity index (χ1n) is 10.2. The van der Waals surface area contributed by atoms with E-state index in [0.29, 0.717) is 12.2 Å². The molecule has 3 rings (SSSR count). The van der Waals surface area contributed by atoms with Crippen molar-refractivity contribution in [3.05, 3.63) is 59.2 Å². The molecule has 0 aliphatic carbocycles. The Kier molecular flexibility index (Phi) is 7.59. The largest absolute Gasteiger partial charge is 0.399 e. The van der Waals surface area contributed by atoms with Crippen molar-refractivity contribution in [1.82, 2.24) is 15.0 Å². The van der Waals surface area contributed by atoms with E-state index in [0.717, 1.165) is 38.0 Å². The molecular formula is C23H29N5OS2. The summed E-state index contributed by atoms with van der Waals surface area (Å²) in [6.07, 6.45) is 2.84. The lowest BCUT2D eigenvalue weighted by molar-refractivity contribution is 0.251. The summed E-state index contributed by atoms with van der Waals surface area (Å²) in [4.78, 5) is 19.1. The molecule has 0 saturated carbocycles. The molecule has 3 aromatic rings. The Morgan fingerprint density at radius 2 is 2.00 bits per heavy atom. The van der Waals surface area contributed by atoms with E-state index in [4.69, 9.17) is 5.73 Å². The molecule has 0 aliphatic heterocycles. The third-order valence-electron chi connectivity index (χ3n) is 4.23. The highest BCUT2D eigenvalue weighted by Crippen LogP contribution is 2.36. The van der Waals surface area contributed by atoms with Crippen LogP contribution in [0.3, 0.4) is 0 Å². The number of carbonyl (C=O) groups excluding carboxylic acids is 1. The minimum absolute atomic E-state index is 0.0530. The zero-order chi connectivity index (χ0) is 22.4. The normalized spacial score (nSPS) is 11.4. The number of nitrogens with two attached hydrogens (primary N) is 1. The Hall–Kier alpha value is -2.55. The molecule has 5 N–H and O–H groups in total. The summed E-state index contributed by atoms with van der Waals surface area (Å²) < 4.78 is 3.46. The van der Waals surface area contributed by atoms with Crippen LogP contribution in [0.15, 0.2) is 53.6 Å². The number of carbonyl (C=O) groups is 1. The van der Waals surface area contributed by atoms with Crippen molar-refractivity contribution in [2.75, 3.05) is 11.1 Å². The number of nitrogen functional groups attached to an aromatic ring is 1. The van der Waals surface area contributed by atoms with Crippen LogP contribution in [0.5, 0.6) is 0 Å². The smallest absolute Gasteiger partial charge is 0.319 e. The van der Waals surface area contributed by atoms with Crippen molar-refractivity contribution >= 4 is 40.7 Å². The molecule has 1 aromatic heterocycles. The Morgan fingerprint density at radius 3 is 2.68 bits per heavy atom. The summed E-state index contributed by atoms with van der Waals surface area (Å²) in [5.41, 5.74) is 9.20. The van der Waals surface area contributed by atoms with Crippen LogP contribution < -0.4 is 21.1 Å². The van der Waals surface area contributed by atoms with Crippen molar-refractivity contribution in [3.8, 4) is 10.4 Å². The Labute approximate surface area is 192 Å². The monoisotopic (exact) mass is 455 g/mol. The minimum atomic E-state index is -0.263. The SMILES string of the molecule is CCc1ncc(-c2ccc(NC(=O)NCc3cccc(N)c3)cc2SNC(C)(C)C)s1. The van der Waals surface area contributed by atoms with E-state index in [9.17, 15) is 4.79 Å². The lowest BCUT2D eigenvalue weighted by Gasteiger charge is -2.21. The third-order valence-corrected chi connectivity index (χ3v) is 6.68. The number of aryl methyl sites for hydroxylation is 1. The van der Waals surface area contributed by atoms with Gasteiger partial charge in [0.15, 0.2) is 0 Å². The van der Waals surface area contributed by atoms with Crippen LogP contribution in [0, 0.1) is 0 Å². The fourth-order valence-electron chi connectivity index (χ4n) is 2.76. The van der Waals surface area contributed by atoms with E-state index in [1.54, 1.807) is 23.3 Å². The van der Waals surface area contributed by atoms with Gasteiger partial charge in [0.1, 0.15) is 0 Å². The van der Waals surface area contributed by atoms with Crippen LogP contribution in [0.1, 0.15) is 38.3 Å². The van der Waals surface area contributed by atoms with Gasteiger partial charge in [-0.1, -0.05) is 25.1 Å². The first-order chi connectivity index (χ1) is 14.7. The Balaban J connectivity index is 1.74. The molecule has 2 amide bonds. The number of amides is 2. The molecular weight excluding hydrogens is 426 g/mol. The summed E-state index contributed by atoms with van der Waals surface area (Å²) in [6.45, 7) is 8.87. The highest BCUT2D eigenvalue weighted by Gasteiger charge is 2.15. The lowest BCUT2D eigenvalue weighted by Crippen LogP contribution is -2.30. The molecule has 0 spiro atoms. The molecule has 0 unspecified atom stereocenters. The van der Waals surface area contributed by atoms with Gasteiger partial charge in [-0.05, 0) is 69.0 Å². The van der Waals surface area contributed by atoms with E-state index in [1.807, 2.05) is 48.7 Å². The molecule has 1 heterocycles. The molecule has 0 fully saturated rings. The number of nitrogens with zero attached hydrogens (tertiary/aromatic N) is 1. The molecule has 0 radical (unpaired) electrons. The van der Waals surface area contributed by atoms with E-state index < -0.39 is 0 Å². The second-order valence-electron chi connectivity index (χ2n) is 8.19. The molecule has 0 aliphatic rings. The zero-order valence-corrected chi connectivity index (χ0v) is 19.9. The maximum atomic E-state index is 12.4. The van der Waals surface area contributed by atoms with E-state index in [-0.39, 0.29) is 11.6 Å². The topological polar surface area (TPSA) is 92.1 Å². The predicted molar refractivity (Wildman–Crippen MR) is 132 cm³/mol. The fraction of sp³-hybridized carbons (Fsp3) is 0.304. The highest BCUT2D eigenvalue weighted by molar-refractivity contribution is 7.97. The molecule has 164 valence electrons. The maximum absolute atomic E-state index is 12.4. The van der Waals surface area contributed by atoms with E-state index >= 15 is 0 Å². The average molecular weight is 456 g/mol. The molecule has 8 heteroatoms. The van der Waals surface area contributed by atoms with E-state index in [2.05, 4.69) is 48.0 Å². The molecule has 0 atom stereocenters. The molecule has 31 heavy (non-hydrogen) atoms. The lowest BCUT2D eigenvalue weighted by atomic mass is 10.1. The third kappa shape index (κ3) is 6.99. The summed E-state index contributed by atoms with van der Waals surface area (Å²) in [5, 5.41) is 6.91. The number of nitrogens with one attached hydrogen (secondary N) is 3. The fourth-order valence-corrected chi connectivity index (χ4v) is 4.61. The van der Waals surface area contributed by atoms with Crippen LogP contribution in [0.25, 0.3) is 10.4 Å². The van der Waals surface area contributed by atoms with Crippen LogP contribution in [-0.2, 0) is 13.0 Å². The van der Waals surface area contributed by atoms with Crippen molar-refractivity contribution < 1.29 is 4.79 Å². The molecule has 6 nitrogen and oxygen atoms in total. The molecule has 0 bridgehead atoms. The predicted octanol–water partition coefficient (Wildman–Crippen LogP) is 5.67. The standard InChI is InChI=1S/C23H29N5OS2/c1-5-21-25-14-20(30-21)18-10-9-17(12-19(18)31-28-23(2,3)4)27-22(29)26-13-15-7-6-8-16(24)11-15/h6-12,14,28H,5,13,24H2,1-4H3,(H2,26,27,29). The quantitative estimate of drug-likeness (QED) is 0.272. The number of aromatic nitrogens is 1. The van der Waals surface area contributed by atoms with E-state index in [1.165, 1.54) is 0 Å². The van der Waals surface area contributed by atoms with Gasteiger partial charge < -0.3 is 16.4 Å². The number of thiazole rings is 1. The summed E-state index contributed by atoms with van der Waals surface area (Å²) >= 11 is 3.26. The van der Waals surface area contributed by atoms with Crippen LogP contribution >= 0.6 is 23.3 Å². The van der Waals surface area contributed by atoms with Crippen LogP contribution in [0.2, 0.25) is 0 Å². The number of anilines is 2. The molecule has 0 saturated heterocycles. The van der Waals surface area contributed by atoms with Crippen molar-refractivity contribution in [3.63, 3.8) is 0 Å². The van der Waals surface area contributed by atoms with Gasteiger partial charge in [-0.15, -0.1) is 11.3 Å². The van der Waals surface area contributed by atoms with Gasteiger partial charge >= 0.3 is 6.03 Å². The van der Waals surface area contributed by atoms with Crippen molar-refractivity contribution in [2.45, 2.75) is 51.1 Å². The second kappa shape index (κ2) is 10.2. The number of hydrogen-bond acceptors (Lipinski definition) is 6. The number of benzene rings is 2. The average Bonchev–Trinajstić information content (AvgIpc) is 3.19. The van der Waals surface area contributed by atoms with Gasteiger partial charge in [0.05, 0.1) is 9.88 Å². The summed E-state index contributed by atoms with van der Waals surface area (Å²) in [7, 11) is 0. The maximum Gasteiger partial charge on any atom is 0.319 e. The van der Waals surface area contributed by atoms with Gasteiger partial charge in [-0.3, -0.25) is 4.72 Å². The number of rotatable bonds is 7. The Morgan fingerprint density at radius 1 is 1.19 bits per heavy atom. The van der Waals surface area contributed by atoms with Gasteiger partial charge in [-0.2, -0.15) is 0 Å². The number of urea groups is 1. The zero-order valence-electron chi connectivity index (χ0n) is 18.3. The van der Waals surface area contributed by atoms with Gasteiger partial charge in [-0.25, -0.2) is 9.78 Å². The van der Waals surface area contributed by atoms with Crippen LogP contribution in [0.4, 0.5) is 16.2 Å².